The molecule has 4 heteroatoms. The molecule has 1 aliphatic heterocycles. The van der Waals surface area contributed by atoms with Gasteiger partial charge < -0.3 is 14.8 Å². The summed E-state index contributed by atoms with van der Waals surface area (Å²) in [5, 5.41) is 3.64. The normalized spacial score (nSPS) is 31.3. The molecule has 0 aromatic rings. The van der Waals surface area contributed by atoms with Crippen molar-refractivity contribution in [1.29, 1.82) is 0 Å². The molecule has 1 spiro atoms. The number of hydrogen-bond acceptors (Lipinski definition) is 4. The number of nitrogens with zero attached hydrogens (tertiary/aromatic N) is 1. The molecule has 2 aliphatic rings. The molecule has 1 saturated heterocycles. The molecule has 1 saturated carbocycles. The van der Waals surface area contributed by atoms with Crippen molar-refractivity contribution in [3.05, 3.63) is 0 Å². The summed E-state index contributed by atoms with van der Waals surface area (Å²) in [6.45, 7) is 11.4. The number of hydrogen-bond donors (Lipinski definition) is 1. The maximum Gasteiger partial charge on any atom is 0.170 e. The van der Waals surface area contributed by atoms with Crippen molar-refractivity contribution in [2.75, 3.05) is 32.8 Å². The van der Waals surface area contributed by atoms with Gasteiger partial charge in [-0.1, -0.05) is 20.8 Å². The standard InChI is InChI=1S/C14H28N2O2/c1-4-15-12-7-8-14(17-9-10-18-14)11-13(12)16(5-2)6-3/h12-13,15H,4-11H2,1-3H3. The lowest BCUT2D eigenvalue weighted by atomic mass is 9.84. The van der Waals surface area contributed by atoms with Crippen molar-refractivity contribution < 1.29 is 9.47 Å². The summed E-state index contributed by atoms with van der Waals surface area (Å²) in [6, 6.07) is 1.11. The summed E-state index contributed by atoms with van der Waals surface area (Å²) in [6.07, 6.45) is 3.18. The van der Waals surface area contributed by atoms with Crippen LogP contribution in [0.25, 0.3) is 0 Å². The topological polar surface area (TPSA) is 33.7 Å². The third-order valence-corrected chi connectivity index (χ3v) is 4.38. The SMILES string of the molecule is CCNC1CCC2(CC1N(CC)CC)OCCO2. The third kappa shape index (κ3) is 2.87. The Morgan fingerprint density at radius 1 is 1.17 bits per heavy atom. The molecule has 106 valence electrons. The van der Waals surface area contributed by atoms with E-state index in [1.54, 1.807) is 0 Å². The lowest BCUT2D eigenvalue weighted by Crippen LogP contribution is -2.57. The Kier molecular flexibility index (Phi) is 5.01. The fourth-order valence-electron chi connectivity index (χ4n) is 3.47. The van der Waals surface area contributed by atoms with Gasteiger partial charge in [0, 0.05) is 24.9 Å². The van der Waals surface area contributed by atoms with Crippen molar-refractivity contribution in [2.24, 2.45) is 0 Å². The second-order valence-corrected chi connectivity index (χ2v) is 5.30. The van der Waals surface area contributed by atoms with Gasteiger partial charge in [0.05, 0.1) is 13.2 Å². The van der Waals surface area contributed by atoms with E-state index in [1.807, 2.05) is 0 Å². The van der Waals surface area contributed by atoms with Crippen molar-refractivity contribution in [3.8, 4) is 0 Å². The molecular weight excluding hydrogens is 228 g/mol. The minimum atomic E-state index is -0.279. The first-order valence-corrected chi connectivity index (χ1v) is 7.50. The van der Waals surface area contributed by atoms with Crippen LogP contribution in [0, 0.1) is 0 Å². The Morgan fingerprint density at radius 2 is 1.83 bits per heavy atom. The summed E-state index contributed by atoms with van der Waals surface area (Å²) in [5.74, 6) is -0.279. The van der Waals surface area contributed by atoms with E-state index in [1.165, 1.54) is 0 Å². The van der Waals surface area contributed by atoms with Crippen LogP contribution in [0.2, 0.25) is 0 Å². The highest BCUT2D eigenvalue weighted by Crippen LogP contribution is 2.37. The smallest absolute Gasteiger partial charge is 0.170 e. The predicted molar refractivity (Wildman–Crippen MR) is 72.7 cm³/mol. The van der Waals surface area contributed by atoms with Crippen LogP contribution in [-0.4, -0.2) is 55.6 Å². The van der Waals surface area contributed by atoms with Gasteiger partial charge in [-0.2, -0.15) is 0 Å². The molecule has 1 heterocycles. The van der Waals surface area contributed by atoms with Gasteiger partial charge in [0.1, 0.15) is 0 Å². The van der Waals surface area contributed by atoms with Crippen molar-refractivity contribution in [1.82, 2.24) is 10.2 Å². The first kappa shape index (κ1) is 14.3. The summed E-state index contributed by atoms with van der Waals surface area (Å²) in [4.78, 5) is 2.54. The summed E-state index contributed by atoms with van der Waals surface area (Å²) >= 11 is 0. The second kappa shape index (κ2) is 6.33. The molecule has 4 nitrogen and oxygen atoms in total. The number of rotatable bonds is 5. The quantitative estimate of drug-likeness (QED) is 0.810. The van der Waals surface area contributed by atoms with Crippen LogP contribution in [0.4, 0.5) is 0 Å². The highest BCUT2D eigenvalue weighted by atomic mass is 16.7. The second-order valence-electron chi connectivity index (χ2n) is 5.30. The molecule has 1 aliphatic carbocycles. The molecule has 0 bridgehead atoms. The summed E-state index contributed by atoms with van der Waals surface area (Å²) in [5.41, 5.74) is 0. The molecule has 0 radical (unpaired) electrons. The van der Waals surface area contributed by atoms with E-state index in [0.717, 1.165) is 52.1 Å². The summed E-state index contributed by atoms with van der Waals surface area (Å²) in [7, 11) is 0. The molecular formula is C14H28N2O2. The molecule has 2 fully saturated rings. The van der Waals surface area contributed by atoms with Crippen LogP contribution in [0.1, 0.15) is 40.0 Å². The Labute approximate surface area is 111 Å². The highest BCUT2D eigenvalue weighted by molar-refractivity contribution is 4.96. The van der Waals surface area contributed by atoms with Gasteiger partial charge in [-0.05, 0) is 26.1 Å². The van der Waals surface area contributed by atoms with E-state index < -0.39 is 0 Å². The van der Waals surface area contributed by atoms with Crippen LogP contribution in [0.5, 0.6) is 0 Å². The molecule has 2 unspecified atom stereocenters. The van der Waals surface area contributed by atoms with Gasteiger partial charge in [0.2, 0.25) is 0 Å². The maximum absolute atomic E-state index is 5.90. The average molecular weight is 256 g/mol. The Bertz CT molecular complexity index is 250. The summed E-state index contributed by atoms with van der Waals surface area (Å²) < 4.78 is 11.8. The monoisotopic (exact) mass is 256 g/mol. The van der Waals surface area contributed by atoms with Crippen LogP contribution in [-0.2, 0) is 9.47 Å². The van der Waals surface area contributed by atoms with Crippen LogP contribution < -0.4 is 5.32 Å². The predicted octanol–water partition coefficient (Wildman–Crippen LogP) is 1.60. The molecule has 18 heavy (non-hydrogen) atoms. The lowest BCUT2D eigenvalue weighted by molar-refractivity contribution is -0.193. The van der Waals surface area contributed by atoms with Crippen LogP contribution in [0.15, 0.2) is 0 Å². The van der Waals surface area contributed by atoms with E-state index in [2.05, 4.69) is 31.0 Å². The van der Waals surface area contributed by atoms with Gasteiger partial charge in [-0.3, -0.25) is 4.90 Å². The first-order chi connectivity index (χ1) is 8.74. The molecule has 1 N–H and O–H groups in total. The Morgan fingerprint density at radius 3 is 2.39 bits per heavy atom. The van der Waals surface area contributed by atoms with Gasteiger partial charge >= 0.3 is 0 Å². The maximum atomic E-state index is 5.90. The van der Waals surface area contributed by atoms with Gasteiger partial charge in [0.15, 0.2) is 5.79 Å². The minimum Gasteiger partial charge on any atom is -0.347 e. The van der Waals surface area contributed by atoms with E-state index >= 15 is 0 Å². The molecule has 2 rings (SSSR count). The van der Waals surface area contributed by atoms with Crippen LogP contribution in [0.3, 0.4) is 0 Å². The van der Waals surface area contributed by atoms with Crippen molar-refractivity contribution >= 4 is 0 Å². The van der Waals surface area contributed by atoms with E-state index in [4.69, 9.17) is 9.47 Å². The zero-order chi connectivity index (χ0) is 13.0. The van der Waals surface area contributed by atoms with E-state index in [9.17, 15) is 0 Å². The average Bonchev–Trinajstić information content (AvgIpc) is 2.83. The molecule has 0 aromatic heterocycles. The van der Waals surface area contributed by atoms with Gasteiger partial charge in [-0.25, -0.2) is 0 Å². The highest BCUT2D eigenvalue weighted by Gasteiger charge is 2.46. The van der Waals surface area contributed by atoms with Gasteiger partial charge in [-0.15, -0.1) is 0 Å². The Hall–Kier alpha value is -0.160. The van der Waals surface area contributed by atoms with E-state index in [-0.39, 0.29) is 5.79 Å². The zero-order valence-corrected chi connectivity index (χ0v) is 12.1. The first-order valence-electron chi connectivity index (χ1n) is 7.50. The lowest BCUT2D eigenvalue weighted by Gasteiger charge is -2.45. The number of ether oxygens (including phenoxy) is 2. The fourth-order valence-corrected chi connectivity index (χ4v) is 3.47. The molecule has 0 aromatic carbocycles. The zero-order valence-electron chi connectivity index (χ0n) is 12.1. The van der Waals surface area contributed by atoms with E-state index in [0.29, 0.717) is 12.1 Å². The fraction of sp³-hybridized carbons (Fsp3) is 1.00. The number of likely N-dealkylation sites (N-methyl/N-ethyl adjacent to an activating group) is 2. The Balaban J connectivity index is 2.07. The number of nitrogens with one attached hydrogen (secondary N) is 1. The van der Waals surface area contributed by atoms with Gasteiger partial charge in [0.25, 0.3) is 0 Å². The molecule has 0 amide bonds. The largest absolute Gasteiger partial charge is 0.347 e. The van der Waals surface area contributed by atoms with Crippen LogP contribution >= 0.6 is 0 Å². The van der Waals surface area contributed by atoms with Crippen molar-refractivity contribution in [3.63, 3.8) is 0 Å². The third-order valence-electron chi connectivity index (χ3n) is 4.38. The minimum absolute atomic E-state index is 0.279. The molecule has 2 atom stereocenters. The van der Waals surface area contributed by atoms with Crippen molar-refractivity contribution in [2.45, 2.75) is 57.9 Å².